The van der Waals surface area contributed by atoms with E-state index >= 15 is 0 Å². The van der Waals surface area contributed by atoms with Gasteiger partial charge < -0.3 is 10.4 Å². The molecule has 2 atom stereocenters. The first kappa shape index (κ1) is 18.8. The first-order chi connectivity index (χ1) is 13.3. The number of rotatable bonds is 4. The van der Waals surface area contributed by atoms with Gasteiger partial charge in [-0.3, -0.25) is 4.79 Å². The summed E-state index contributed by atoms with van der Waals surface area (Å²) in [5, 5.41) is 14.9. The zero-order valence-electron chi connectivity index (χ0n) is 16.4. The predicted molar refractivity (Wildman–Crippen MR) is 113 cm³/mol. The van der Waals surface area contributed by atoms with Gasteiger partial charge in [-0.2, -0.15) is 0 Å². The molecule has 1 aromatic carbocycles. The highest BCUT2D eigenvalue weighted by atomic mass is 32.1. The second-order valence-electron chi connectivity index (χ2n) is 7.69. The van der Waals surface area contributed by atoms with E-state index in [1.54, 1.807) is 11.3 Å². The minimum Gasteiger partial charge on any atom is -0.383 e. The third kappa shape index (κ3) is 3.02. The zero-order chi connectivity index (χ0) is 20.1. The minimum atomic E-state index is -0.843. The molecule has 4 rings (SSSR count). The first-order valence-corrected chi connectivity index (χ1v) is 10.2. The van der Waals surface area contributed by atoms with Crippen LogP contribution >= 0.6 is 11.3 Å². The Morgan fingerprint density at radius 3 is 2.57 bits per heavy atom. The standard InChI is InChI=1S/C22H23N3O2S/c1-12(2)22(4)21(27)24-20(25-22)18-15(19(26)17-10-9-13(3)28-17)11-14-7-5-6-8-16(14)23-18/h5-12,19,26H,1-4H3,(H,24,25,27). The van der Waals surface area contributed by atoms with E-state index in [0.29, 0.717) is 17.1 Å². The normalized spacial score (nSPS) is 20.5. The molecule has 6 heteroatoms. The van der Waals surface area contributed by atoms with Crippen LogP contribution < -0.4 is 5.32 Å². The van der Waals surface area contributed by atoms with E-state index in [4.69, 9.17) is 9.98 Å². The molecule has 1 amide bonds. The van der Waals surface area contributed by atoms with Crippen molar-refractivity contribution in [1.82, 2.24) is 10.3 Å². The summed E-state index contributed by atoms with van der Waals surface area (Å²) in [4.78, 5) is 24.1. The average molecular weight is 394 g/mol. The number of hydrogen-bond donors (Lipinski definition) is 2. The molecule has 3 aromatic rings. The van der Waals surface area contributed by atoms with Gasteiger partial charge in [0.2, 0.25) is 0 Å². The molecule has 3 heterocycles. The summed E-state index contributed by atoms with van der Waals surface area (Å²) in [5.74, 6) is 0.327. The second-order valence-corrected chi connectivity index (χ2v) is 9.01. The van der Waals surface area contributed by atoms with E-state index in [-0.39, 0.29) is 11.8 Å². The Hall–Kier alpha value is -2.57. The number of hydrogen-bond acceptors (Lipinski definition) is 5. The number of amides is 1. The van der Waals surface area contributed by atoms with E-state index in [1.165, 1.54) is 0 Å². The highest BCUT2D eigenvalue weighted by molar-refractivity contribution is 7.12. The van der Waals surface area contributed by atoms with Crippen LogP contribution in [0.4, 0.5) is 0 Å². The van der Waals surface area contributed by atoms with Gasteiger partial charge in [0.05, 0.1) is 5.52 Å². The minimum absolute atomic E-state index is 0.0405. The molecule has 0 saturated carbocycles. The van der Waals surface area contributed by atoms with Crippen molar-refractivity contribution in [3.8, 4) is 0 Å². The number of amidine groups is 1. The van der Waals surface area contributed by atoms with Gasteiger partial charge in [-0.05, 0) is 44.0 Å². The number of carbonyl (C=O) groups excluding carboxylic acids is 1. The molecule has 28 heavy (non-hydrogen) atoms. The van der Waals surface area contributed by atoms with E-state index < -0.39 is 11.6 Å². The van der Waals surface area contributed by atoms with Crippen LogP contribution in [-0.2, 0) is 4.79 Å². The van der Waals surface area contributed by atoms with Gasteiger partial charge >= 0.3 is 0 Å². The molecule has 5 nitrogen and oxygen atoms in total. The molecule has 1 aliphatic heterocycles. The van der Waals surface area contributed by atoms with E-state index in [1.807, 2.05) is 70.2 Å². The van der Waals surface area contributed by atoms with Gasteiger partial charge in [-0.1, -0.05) is 32.0 Å². The molecule has 0 fully saturated rings. The molecule has 144 valence electrons. The zero-order valence-corrected chi connectivity index (χ0v) is 17.2. The summed E-state index contributed by atoms with van der Waals surface area (Å²) < 4.78 is 0. The Kier molecular flexibility index (Phi) is 4.56. The van der Waals surface area contributed by atoms with Crippen molar-refractivity contribution in [2.45, 2.75) is 39.3 Å². The second kappa shape index (κ2) is 6.79. The number of para-hydroxylation sites is 1. The number of aromatic nitrogens is 1. The van der Waals surface area contributed by atoms with E-state index in [0.717, 1.165) is 20.7 Å². The van der Waals surface area contributed by atoms with Gasteiger partial charge in [-0.15, -0.1) is 11.3 Å². The summed E-state index contributed by atoms with van der Waals surface area (Å²) in [6.07, 6.45) is -0.837. The number of nitrogens with zero attached hydrogens (tertiary/aromatic N) is 2. The van der Waals surface area contributed by atoms with Crippen molar-refractivity contribution in [3.63, 3.8) is 0 Å². The number of carbonyl (C=O) groups is 1. The Labute approximate surface area is 168 Å². The van der Waals surface area contributed by atoms with Crippen molar-refractivity contribution < 1.29 is 9.90 Å². The molecule has 2 aromatic heterocycles. The number of aliphatic hydroxyl groups is 1. The summed E-state index contributed by atoms with van der Waals surface area (Å²) >= 11 is 1.55. The number of aryl methyl sites for hydroxylation is 1. The largest absolute Gasteiger partial charge is 0.383 e. The van der Waals surface area contributed by atoms with Crippen LogP contribution in [0.15, 0.2) is 47.5 Å². The van der Waals surface area contributed by atoms with Gasteiger partial charge in [0.1, 0.15) is 17.3 Å². The van der Waals surface area contributed by atoms with Crippen LogP contribution in [0.5, 0.6) is 0 Å². The molecular weight excluding hydrogens is 370 g/mol. The molecule has 0 aliphatic carbocycles. The maximum absolute atomic E-state index is 12.6. The number of thiophene rings is 1. The number of aliphatic hydroxyl groups excluding tert-OH is 1. The van der Waals surface area contributed by atoms with Crippen molar-refractivity contribution in [2.75, 3.05) is 0 Å². The van der Waals surface area contributed by atoms with Crippen molar-refractivity contribution in [2.24, 2.45) is 10.9 Å². The molecule has 1 aliphatic rings. The lowest BCUT2D eigenvalue weighted by Crippen LogP contribution is -2.41. The Balaban J connectivity index is 1.91. The molecule has 0 saturated heterocycles. The van der Waals surface area contributed by atoms with Crippen LogP contribution in [0.1, 0.15) is 47.9 Å². The van der Waals surface area contributed by atoms with Crippen molar-refractivity contribution >= 4 is 34.0 Å². The summed E-state index contributed by atoms with van der Waals surface area (Å²) in [5.41, 5.74) is 1.12. The fourth-order valence-corrected chi connectivity index (χ4v) is 4.22. The molecule has 2 unspecified atom stereocenters. The average Bonchev–Trinajstić information content (AvgIpc) is 3.24. The molecular formula is C22H23N3O2S. The third-order valence-corrected chi connectivity index (χ3v) is 6.52. The number of benzene rings is 1. The monoisotopic (exact) mass is 393 g/mol. The number of fused-ring (bicyclic) bond motifs is 1. The first-order valence-electron chi connectivity index (χ1n) is 9.35. The lowest BCUT2D eigenvalue weighted by Gasteiger charge is -2.21. The molecule has 0 spiro atoms. The van der Waals surface area contributed by atoms with Crippen molar-refractivity contribution in [1.29, 1.82) is 0 Å². The summed E-state index contributed by atoms with van der Waals surface area (Å²) in [6.45, 7) is 7.80. The number of nitrogens with one attached hydrogen (secondary N) is 1. The van der Waals surface area contributed by atoms with Gasteiger partial charge in [0.15, 0.2) is 5.84 Å². The van der Waals surface area contributed by atoms with E-state index in [9.17, 15) is 9.90 Å². The van der Waals surface area contributed by atoms with Crippen LogP contribution in [-0.4, -0.2) is 27.4 Å². The maximum Gasteiger partial charge on any atom is 0.253 e. The summed E-state index contributed by atoms with van der Waals surface area (Å²) in [7, 11) is 0. The van der Waals surface area contributed by atoms with Crippen LogP contribution in [0.3, 0.4) is 0 Å². The van der Waals surface area contributed by atoms with Gasteiger partial charge in [0, 0.05) is 20.7 Å². The Morgan fingerprint density at radius 1 is 1.18 bits per heavy atom. The SMILES string of the molecule is Cc1ccc(C(O)c2cc3ccccc3nc2C2=NC(C)(C(C)C)C(=O)N2)s1. The highest BCUT2D eigenvalue weighted by Gasteiger charge is 2.43. The van der Waals surface area contributed by atoms with E-state index in [2.05, 4.69) is 5.32 Å². The smallest absolute Gasteiger partial charge is 0.253 e. The fraction of sp³-hybridized carbons (Fsp3) is 0.318. The highest BCUT2D eigenvalue weighted by Crippen LogP contribution is 2.33. The fourth-order valence-electron chi connectivity index (χ4n) is 3.33. The van der Waals surface area contributed by atoms with Gasteiger partial charge in [0.25, 0.3) is 5.91 Å². The predicted octanol–water partition coefficient (Wildman–Crippen LogP) is 3.98. The van der Waals surface area contributed by atoms with Crippen LogP contribution in [0.25, 0.3) is 10.9 Å². The van der Waals surface area contributed by atoms with Crippen molar-refractivity contribution in [3.05, 3.63) is 63.5 Å². The lowest BCUT2D eigenvalue weighted by molar-refractivity contribution is -0.124. The topological polar surface area (TPSA) is 74.6 Å². The number of pyridine rings is 1. The Morgan fingerprint density at radius 2 is 1.93 bits per heavy atom. The third-order valence-electron chi connectivity index (χ3n) is 5.46. The molecule has 0 radical (unpaired) electrons. The Bertz CT molecular complexity index is 1100. The quantitative estimate of drug-likeness (QED) is 0.704. The van der Waals surface area contributed by atoms with Crippen LogP contribution in [0.2, 0.25) is 0 Å². The maximum atomic E-state index is 12.6. The summed E-state index contributed by atoms with van der Waals surface area (Å²) in [6, 6.07) is 13.6. The van der Waals surface area contributed by atoms with Crippen LogP contribution in [0, 0.1) is 12.8 Å². The molecule has 0 bridgehead atoms. The molecule has 2 N–H and O–H groups in total. The lowest BCUT2D eigenvalue weighted by atomic mass is 9.89. The van der Waals surface area contributed by atoms with Gasteiger partial charge in [-0.25, -0.2) is 9.98 Å². The number of aliphatic imine (C=N–C) groups is 1.